The summed E-state index contributed by atoms with van der Waals surface area (Å²) in [6.07, 6.45) is 1.96. The van der Waals surface area contributed by atoms with E-state index in [1.807, 2.05) is 20.8 Å². The zero-order chi connectivity index (χ0) is 17.5. The summed E-state index contributed by atoms with van der Waals surface area (Å²) in [6, 6.07) is 0.428. The molecule has 6 heteroatoms. The molecule has 2 amide bonds. The normalized spacial score (nSPS) is 23.7. The minimum Gasteiger partial charge on any atom is -0.380 e. The average Bonchev–Trinajstić information content (AvgIpc) is 2.78. The lowest BCUT2D eigenvalue weighted by molar-refractivity contribution is 0.0727. The maximum absolute atomic E-state index is 12.1. The van der Waals surface area contributed by atoms with Crippen LogP contribution in [0.4, 0.5) is 4.79 Å². The molecular weight excluding hydrogens is 292 g/mol. The van der Waals surface area contributed by atoms with Crippen LogP contribution in [0.15, 0.2) is 0 Å². The highest BCUT2D eigenvalue weighted by Crippen LogP contribution is 2.20. The molecule has 0 aromatic heterocycles. The second-order valence-electron chi connectivity index (χ2n) is 7.80. The Kier molecular flexibility index (Phi) is 8.29. The van der Waals surface area contributed by atoms with Gasteiger partial charge in [-0.3, -0.25) is 4.90 Å². The van der Waals surface area contributed by atoms with Gasteiger partial charge in [0.2, 0.25) is 0 Å². The minimum atomic E-state index is -0.222. The second-order valence-corrected chi connectivity index (χ2v) is 7.80. The summed E-state index contributed by atoms with van der Waals surface area (Å²) in [5.41, 5.74) is 5.54. The Balaban J connectivity index is 2.54. The first-order valence-electron chi connectivity index (χ1n) is 8.85. The van der Waals surface area contributed by atoms with Crippen LogP contribution >= 0.6 is 0 Å². The van der Waals surface area contributed by atoms with Crippen LogP contribution < -0.4 is 16.4 Å². The molecule has 1 saturated heterocycles. The Hall–Kier alpha value is -0.850. The fourth-order valence-corrected chi connectivity index (χ4v) is 2.89. The van der Waals surface area contributed by atoms with Crippen molar-refractivity contribution in [3.63, 3.8) is 0 Å². The topological polar surface area (TPSA) is 79.6 Å². The molecule has 0 spiro atoms. The standard InChI is InChI=1S/C17H36N4O2/c1-6-7-23-12-15-8-14(11-21(15)10-13(2)9-18)19-16(22)20-17(3,4)5/h13-15H,6-12,18H2,1-5H3,(H2,19,20,22)/t13-,14+,15-/m0/s1. The van der Waals surface area contributed by atoms with Crippen molar-refractivity contribution in [2.45, 2.75) is 65.1 Å². The Labute approximate surface area is 141 Å². The summed E-state index contributed by atoms with van der Waals surface area (Å²) in [6.45, 7) is 14.2. The number of likely N-dealkylation sites (tertiary alicyclic amines) is 1. The summed E-state index contributed by atoms with van der Waals surface area (Å²) in [7, 11) is 0. The fraction of sp³-hybridized carbons (Fsp3) is 0.941. The van der Waals surface area contributed by atoms with E-state index in [0.717, 1.165) is 39.1 Å². The van der Waals surface area contributed by atoms with Crippen LogP contribution in [0.5, 0.6) is 0 Å². The van der Waals surface area contributed by atoms with Gasteiger partial charge in [0.25, 0.3) is 0 Å². The smallest absolute Gasteiger partial charge is 0.315 e. The van der Waals surface area contributed by atoms with E-state index in [2.05, 4.69) is 29.4 Å². The fourth-order valence-electron chi connectivity index (χ4n) is 2.89. The molecule has 0 radical (unpaired) electrons. The van der Waals surface area contributed by atoms with Gasteiger partial charge in [-0.25, -0.2) is 4.79 Å². The van der Waals surface area contributed by atoms with Crippen LogP contribution in [-0.4, -0.2) is 61.4 Å². The van der Waals surface area contributed by atoms with E-state index in [1.165, 1.54) is 0 Å². The third kappa shape index (κ3) is 7.99. The number of amides is 2. The molecule has 0 unspecified atom stereocenters. The quantitative estimate of drug-likeness (QED) is 0.591. The lowest BCUT2D eigenvalue weighted by Gasteiger charge is -2.26. The van der Waals surface area contributed by atoms with Crippen molar-refractivity contribution in [1.29, 1.82) is 0 Å². The van der Waals surface area contributed by atoms with Gasteiger partial charge in [0.05, 0.1) is 6.61 Å². The van der Waals surface area contributed by atoms with Gasteiger partial charge in [-0.2, -0.15) is 0 Å². The van der Waals surface area contributed by atoms with Crippen LogP contribution in [-0.2, 0) is 4.74 Å². The van der Waals surface area contributed by atoms with Crippen molar-refractivity contribution in [2.24, 2.45) is 11.7 Å². The summed E-state index contributed by atoms with van der Waals surface area (Å²) >= 11 is 0. The van der Waals surface area contributed by atoms with Gasteiger partial charge < -0.3 is 21.1 Å². The summed E-state index contributed by atoms with van der Waals surface area (Å²) in [5, 5.41) is 6.06. The Bertz CT molecular complexity index is 357. The summed E-state index contributed by atoms with van der Waals surface area (Å²) in [4.78, 5) is 14.5. The highest BCUT2D eigenvalue weighted by molar-refractivity contribution is 5.75. The number of nitrogens with one attached hydrogen (secondary N) is 2. The van der Waals surface area contributed by atoms with Crippen molar-refractivity contribution in [3.05, 3.63) is 0 Å². The van der Waals surface area contributed by atoms with Crippen molar-refractivity contribution in [2.75, 3.05) is 32.8 Å². The van der Waals surface area contributed by atoms with Crippen molar-refractivity contribution in [1.82, 2.24) is 15.5 Å². The first-order valence-corrected chi connectivity index (χ1v) is 8.85. The summed E-state index contributed by atoms with van der Waals surface area (Å²) < 4.78 is 5.74. The molecule has 23 heavy (non-hydrogen) atoms. The number of nitrogens with two attached hydrogens (primary N) is 1. The predicted octanol–water partition coefficient (Wildman–Crippen LogP) is 1.55. The first kappa shape index (κ1) is 20.2. The number of nitrogens with zero attached hydrogens (tertiary/aromatic N) is 1. The number of hydrogen-bond donors (Lipinski definition) is 3. The van der Waals surface area contributed by atoms with E-state index < -0.39 is 0 Å². The molecule has 1 heterocycles. The van der Waals surface area contributed by atoms with Crippen molar-refractivity contribution >= 4 is 6.03 Å². The van der Waals surface area contributed by atoms with E-state index in [4.69, 9.17) is 10.5 Å². The maximum Gasteiger partial charge on any atom is 0.315 e. The van der Waals surface area contributed by atoms with Crippen LogP contribution in [0.3, 0.4) is 0 Å². The Morgan fingerprint density at radius 3 is 2.70 bits per heavy atom. The monoisotopic (exact) mass is 328 g/mol. The zero-order valence-electron chi connectivity index (χ0n) is 15.5. The van der Waals surface area contributed by atoms with Crippen LogP contribution in [0, 0.1) is 5.92 Å². The number of hydrogen-bond acceptors (Lipinski definition) is 4. The van der Waals surface area contributed by atoms with Crippen molar-refractivity contribution in [3.8, 4) is 0 Å². The third-order valence-corrected chi connectivity index (χ3v) is 3.96. The van der Waals surface area contributed by atoms with E-state index in [0.29, 0.717) is 18.5 Å². The molecule has 1 rings (SSSR count). The molecule has 136 valence electrons. The predicted molar refractivity (Wildman–Crippen MR) is 94.5 cm³/mol. The second kappa shape index (κ2) is 9.45. The van der Waals surface area contributed by atoms with Gasteiger partial charge >= 0.3 is 6.03 Å². The summed E-state index contributed by atoms with van der Waals surface area (Å²) in [5.74, 6) is 0.450. The van der Waals surface area contributed by atoms with Crippen LogP contribution in [0.2, 0.25) is 0 Å². The van der Waals surface area contributed by atoms with Crippen LogP contribution in [0.25, 0.3) is 0 Å². The molecule has 1 aliphatic rings. The van der Waals surface area contributed by atoms with E-state index in [-0.39, 0.29) is 17.6 Å². The molecular formula is C17H36N4O2. The highest BCUT2D eigenvalue weighted by atomic mass is 16.5. The van der Waals surface area contributed by atoms with Gasteiger partial charge in [0, 0.05) is 37.3 Å². The maximum atomic E-state index is 12.1. The largest absolute Gasteiger partial charge is 0.380 e. The van der Waals surface area contributed by atoms with Gasteiger partial charge in [0.1, 0.15) is 0 Å². The number of rotatable bonds is 8. The van der Waals surface area contributed by atoms with Crippen molar-refractivity contribution < 1.29 is 9.53 Å². The molecule has 0 aromatic carbocycles. The highest BCUT2D eigenvalue weighted by Gasteiger charge is 2.33. The minimum absolute atomic E-state index is 0.0931. The lowest BCUT2D eigenvalue weighted by Crippen LogP contribution is -2.50. The number of carbonyl (C=O) groups is 1. The number of carbonyl (C=O) groups excluding carboxylic acids is 1. The van der Waals surface area contributed by atoms with E-state index in [9.17, 15) is 4.79 Å². The van der Waals surface area contributed by atoms with E-state index >= 15 is 0 Å². The molecule has 3 atom stereocenters. The van der Waals surface area contributed by atoms with Gasteiger partial charge in [-0.05, 0) is 46.1 Å². The Morgan fingerprint density at radius 1 is 1.43 bits per heavy atom. The third-order valence-electron chi connectivity index (χ3n) is 3.96. The van der Waals surface area contributed by atoms with Crippen LogP contribution in [0.1, 0.15) is 47.5 Å². The lowest BCUT2D eigenvalue weighted by atomic mass is 10.1. The molecule has 4 N–H and O–H groups in total. The Morgan fingerprint density at radius 2 is 2.13 bits per heavy atom. The number of ether oxygens (including phenoxy) is 1. The van der Waals surface area contributed by atoms with Gasteiger partial charge in [0.15, 0.2) is 0 Å². The molecule has 1 fully saturated rings. The molecule has 1 aliphatic heterocycles. The average molecular weight is 329 g/mol. The van der Waals surface area contributed by atoms with E-state index in [1.54, 1.807) is 0 Å². The van der Waals surface area contributed by atoms with Gasteiger partial charge in [-0.15, -0.1) is 0 Å². The molecule has 0 aliphatic carbocycles. The number of urea groups is 1. The molecule has 0 aromatic rings. The molecule has 0 saturated carbocycles. The SMILES string of the molecule is CCCOC[C@@H]1C[C@@H](NC(=O)NC(C)(C)C)CN1C[C@@H](C)CN. The zero-order valence-corrected chi connectivity index (χ0v) is 15.5. The first-order chi connectivity index (χ1) is 10.7. The van der Waals surface area contributed by atoms with Gasteiger partial charge in [-0.1, -0.05) is 13.8 Å². The molecule has 0 bridgehead atoms. The molecule has 6 nitrogen and oxygen atoms in total.